The Morgan fingerprint density at radius 1 is 1.35 bits per heavy atom. The van der Waals surface area contributed by atoms with Gasteiger partial charge in [0.15, 0.2) is 11.7 Å². The minimum Gasteiger partial charge on any atom is -0.441 e. The summed E-state index contributed by atoms with van der Waals surface area (Å²) in [6.07, 6.45) is 2.56. The van der Waals surface area contributed by atoms with Crippen molar-refractivity contribution in [1.82, 2.24) is 10.3 Å². The molecule has 90 valence electrons. The molecule has 0 unspecified atom stereocenters. The highest BCUT2D eigenvalue weighted by Gasteiger charge is 2.09. The number of nitrogens with zero attached hydrogens (tertiary/aromatic N) is 1. The third-order valence-electron chi connectivity index (χ3n) is 2.34. The van der Waals surface area contributed by atoms with Crippen molar-refractivity contribution in [2.45, 2.75) is 6.42 Å². The van der Waals surface area contributed by atoms with Crippen LogP contribution in [0.15, 0.2) is 37.8 Å². The molecule has 0 bridgehead atoms. The standard InChI is InChI=1S/C12H12Br2N2O/c1-15-5-4-12-16-7-11(17-12)9-6-8(13)2-3-10(9)14/h2-3,6-7,15H,4-5H2,1H3. The van der Waals surface area contributed by atoms with E-state index in [0.29, 0.717) is 0 Å². The smallest absolute Gasteiger partial charge is 0.196 e. The van der Waals surface area contributed by atoms with Gasteiger partial charge in [0.1, 0.15) is 0 Å². The van der Waals surface area contributed by atoms with E-state index in [4.69, 9.17) is 4.42 Å². The fourth-order valence-electron chi connectivity index (χ4n) is 1.47. The Labute approximate surface area is 117 Å². The molecule has 0 saturated heterocycles. The molecule has 0 amide bonds. The van der Waals surface area contributed by atoms with Crippen LogP contribution in [0.4, 0.5) is 0 Å². The number of halogens is 2. The number of hydrogen-bond acceptors (Lipinski definition) is 3. The molecule has 0 saturated carbocycles. The van der Waals surface area contributed by atoms with E-state index in [-0.39, 0.29) is 0 Å². The molecule has 0 aliphatic rings. The number of rotatable bonds is 4. The van der Waals surface area contributed by atoms with Crippen LogP contribution in [0, 0.1) is 0 Å². The van der Waals surface area contributed by atoms with E-state index < -0.39 is 0 Å². The highest BCUT2D eigenvalue weighted by Crippen LogP contribution is 2.31. The van der Waals surface area contributed by atoms with Gasteiger partial charge in [-0.1, -0.05) is 31.9 Å². The fraction of sp³-hybridized carbons (Fsp3) is 0.250. The first-order valence-electron chi connectivity index (χ1n) is 5.25. The lowest BCUT2D eigenvalue weighted by molar-refractivity contribution is 0.500. The zero-order chi connectivity index (χ0) is 12.3. The predicted octanol–water partition coefficient (Wildman–Crippen LogP) is 3.63. The molecule has 5 heteroatoms. The van der Waals surface area contributed by atoms with E-state index in [0.717, 1.165) is 39.1 Å². The highest BCUT2D eigenvalue weighted by atomic mass is 79.9. The molecule has 0 spiro atoms. The van der Waals surface area contributed by atoms with Crippen LogP contribution >= 0.6 is 31.9 Å². The van der Waals surface area contributed by atoms with Gasteiger partial charge >= 0.3 is 0 Å². The summed E-state index contributed by atoms with van der Waals surface area (Å²) < 4.78 is 7.72. The maximum atomic E-state index is 5.71. The average Bonchev–Trinajstić information content (AvgIpc) is 2.78. The minimum absolute atomic E-state index is 0.751. The minimum atomic E-state index is 0.751. The summed E-state index contributed by atoms with van der Waals surface area (Å²) in [5.41, 5.74) is 1.00. The van der Waals surface area contributed by atoms with Gasteiger partial charge in [0.2, 0.25) is 0 Å². The predicted molar refractivity (Wildman–Crippen MR) is 75.0 cm³/mol. The maximum Gasteiger partial charge on any atom is 0.196 e. The molecule has 0 fully saturated rings. The van der Waals surface area contributed by atoms with E-state index in [9.17, 15) is 0 Å². The molecular formula is C12H12Br2N2O. The fourth-order valence-corrected chi connectivity index (χ4v) is 2.27. The van der Waals surface area contributed by atoms with Crippen LogP contribution in [-0.4, -0.2) is 18.6 Å². The van der Waals surface area contributed by atoms with Crippen molar-refractivity contribution in [3.05, 3.63) is 39.2 Å². The Hall–Kier alpha value is -0.650. The van der Waals surface area contributed by atoms with Crippen LogP contribution in [0.25, 0.3) is 11.3 Å². The Bertz CT molecular complexity index is 511. The molecule has 0 aliphatic heterocycles. The van der Waals surface area contributed by atoms with Crippen molar-refractivity contribution in [3.8, 4) is 11.3 Å². The first-order valence-corrected chi connectivity index (χ1v) is 6.84. The zero-order valence-corrected chi connectivity index (χ0v) is 12.5. The van der Waals surface area contributed by atoms with Crippen molar-refractivity contribution in [2.24, 2.45) is 0 Å². The summed E-state index contributed by atoms with van der Waals surface area (Å²) in [6, 6.07) is 5.97. The summed E-state index contributed by atoms with van der Waals surface area (Å²) in [4.78, 5) is 4.26. The number of oxazole rings is 1. The monoisotopic (exact) mass is 358 g/mol. The van der Waals surface area contributed by atoms with Gasteiger partial charge in [-0.2, -0.15) is 0 Å². The van der Waals surface area contributed by atoms with Gasteiger partial charge in [0.25, 0.3) is 0 Å². The largest absolute Gasteiger partial charge is 0.441 e. The SMILES string of the molecule is CNCCc1ncc(-c2cc(Br)ccc2Br)o1. The van der Waals surface area contributed by atoms with Crippen LogP contribution in [-0.2, 0) is 6.42 Å². The lowest BCUT2D eigenvalue weighted by Gasteiger charge is -2.01. The lowest BCUT2D eigenvalue weighted by Crippen LogP contribution is -2.10. The Morgan fingerprint density at radius 3 is 2.94 bits per heavy atom. The van der Waals surface area contributed by atoms with Gasteiger partial charge < -0.3 is 9.73 Å². The second-order valence-corrected chi connectivity index (χ2v) is 5.37. The van der Waals surface area contributed by atoms with Crippen molar-refractivity contribution in [3.63, 3.8) is 0 Å². The van der Waals surface area contributed by atoms with E-state index in [1.165, 1.54) is 0 Å². The molecule has 1 heterocycles. The van der Waals surface area contributed by atoms with Gasteiger partial charge in [-0.25, -0.2) is 4.98 Å². The quantitative estimate of drug-likeness (QED) is 0.905. The van der Waals surface area contributed by atoms with Crippen LogP contribution in [0.1, 0.15) is 5.89 Å². The van der Waals surface area contributed by atoms with E-state index in [1.54, 1.807) is 6.20 Å². The molecule has 0 atom stereocenters. The Balaban J connectivity index is 2.27. The van der Waals surface area contributed by atoms with Gasteiger partial charge in [-0.15, -0.1) is 0 Å². The highest BCUT2D eigenvalue weighted by molar-refractivity contribution is 9.11. The summed E-state index contributed by atoms with van der Waals surface area (Å²) in [5, 5.41) is 3.07. The van der Waals surface area contributed by atoms with E-state index in [1.807, 2.05) is 25.2 Å². The molecule has 17 heavy (non-hydrogen) atoms. The normalized spacial score (nSPS) is 10.8. The third kappa shape index (κ3) is 3.18. The lowest BCUT2D eigenvalue weighted by atomic mass is 10.2. The topological polar surface area (TPSA) is 38.1 Å². The number of benzene rings is 1. The summed E-state index contributed by atoms with van der Waals surface area (Å²) >= 11 is 6.96. The van der Waals surface area contributed by atoms with Gasteiger partial charge in [0.05, 0.1) is 6.20 Å². The summed E-state index contributed by atoms with van der Waals surface area (Å²) in [5.74, 6) is 1.53. The Kier molecular flexibility index (Phi) is 4.36. The second kappa shape index (κ2) is 5.80. The van der Waals surface area contributed by atoms with Gasteiger partial charge in [-0.3, -0.25) is 0 Å². The number of likely N-dealkylation sites (N-methyl/N-ethyl adjacent to an activating group) is 1. The molecule has 3 nitrogen and oxygen atoms in total. The van der Waals surface area contributed by atoms with Crippen molar-refractivity contribution >= 4 is 31.9 Å². The molecule has 0 radical (unpaired) electrons. The molecule has 1 N–H and O–H groups in total. The zero-order valence-electron chi connectivity index (χ0n) is 9.34. The first-order chi connectivity index (χ1) is 8.20. The molecule has 2 aromatic rings. The van der Waals surface area contributed by atoms with Crippen LogP contribution in [0.3, 0.4) is 0 Å². The summed E-state index contributed by atoms with van der Waals surface area (Å²) in [7, 11) is 1.91. The number of nitrogens with one attached hydrogen (secondary N) is 1. The third-order valence-corrected chi connectivity index (χ3v) is 3.52. The van der Waals surface area contributed by atoms with Crippen LogP contribution in [0.2, 0.25) is 0 Å². The number of hydrogen-bond donors (Lipinski definition) is 1. The Morgan fingerprint density at radius 2 is 2.18 bits per heavy atom. The average molecular weight is 360 g/mol. The van der Waals surface area contributed by atoms with E-state index >= 15 is 0 Å². The number of aromatic nitrogens is 1. The molecular weight excluding hydrogens is 348 g/mol. The van der Waals surface area contributed by atoms with Crippen LogP contribution in [0.5, 0.6) is 0 Å². The van der Waals surface area contributed by atoms with Crippen molar-refractivity contribution in [2.75, 3.05) is 13.6 Å². The van der Waals surface area contributed by atoms with Gasteiger partial charge in [-0.05, 0) is 25.2 Å². The molecule has 0 aliphatic carbocycles. The maximum absolute atomic E-state index is 5.71. The molecule has 2 rings (SSSR count). The van der Waals surface area contributed by atoms with Crippen LogP contribution < -0.4 is 5.32 Å². The van der Waals surface area contributed by atoms with Crippen molar-refractivity contribution < 1.29 is 4.42 Å². The first kappa shape index (κ1) is 12.8. The summed E-state index contributed by atoms with van der Waals surface area (Å²) in [6.45, 7) is 0.861. The molecule has 1 aromatic carbocycles. The van der Waals surface area contributed by atoms with Crippen molar-refractivity contribution in [1.29, 1.82) is 0 Å². The van der Waals surface area contributed by atoms with Gasteiger partial charge in [0, 0.05) is 27.5 Å². The molecule has 1 aromatic heterocycles. The second-order valence-electron chi connectivity index (χ2n) is 3.60. The van der Waals surface area contributed by atoms with E-state index in [2.05, 4.69) is 42.2 Å².